The number of urea groups is 1. The monoisotopic (exact) mass is 258 g/mol. The van der Waals surface area contributed by atoms with E-state index in [1.807, 2.05) is 0 Å². The van der Waals surface area contributed by atoms with Gasteiger partial charge in [-0.15, -0.1) is 6.58 Å². The predicted octanol–water partition coefficient (Wildman–Crippen LogP) is 1.04. The number of amides is 2. The van der Waals surface area contributed by atoms with Gasteiger partial charge in [-0.1, -0.05) is 6.08 Å². The minimum Gasteiger partial charge on any atom is -0.480 e. The second kappa shape index (κ2) is 8.52. The number of rotatable bonds is 8. The molecule has 0 saturated heterocycles. The van der Waals surface area contributed by atoms with Crippen molar-refractivity contribution in [3.63, 3.8) is 0 Å². The Morgan fingerprint density at radius 2 is 2.06 bits per heavy atom. The number of aliphatic carboxylic acids is 1. The Morgan fingerprint density at radius 1 is 1.44 bits per heavy atom. The van der Waals surface area contributed by atoms with Crippen LogP contribution in [0, 0.1) is 0 Å². The standard InChI is InChI=1S/C12H22N2O4/c1-5-6-13(7-8-18-4)12(17)14(10(2)3)9-11(15)16/h5,10H,1,6-9H2,2-4H3,(H,15,16). The summed E-state index contributed by atoms with van der Waals surface area (Å²) >= 11 is 0. The van der Waals surface area contributed by atoms with Crippen molar-refractivity contribution in [1.29, 1.82) is 0 Å². The topological polar surface area (TPSA) is 70.1 Å². The number of methoxy groups -OCH3 is 1. The van der Waals surface area contributed by atoms with Crippen LogP contribution in [-0.4, -0.2) is 66.3 Å². The summed E-state index contributed by atoms with van der Waals surface area (Å²) in [6, 6.07) is -0.493. The Kier molecular flexibility index (Phi) is 7.78. The Balaban J connectivity index is 4.75. The van der Waals surface area contributed by atoms with Gasteiger partial charge in [0, 0.05) is 26.2 Å². The largest absolute Gasteiger partial charge is 0.480 e. The molecule has 18 heavy (non-hydrogen) atoms. The maximum absolute atomic E-state index is 12.2. The molecule has 6 nitrogen and oxygen atoms in total. The summed E-state index contributed by atoms with van der Waals surface area (Å²) in [5, 5.41) is 8.81. The van der Waals surface area contributed by atoms with Gasteiger partial charge in [0.05, 0.1) is 6.61 Å². The Labute approximate surface area is 108 Å². The third-order valence-corrected chi connectivity index (χ3v) is 2.36. The highest BCUT2D eigenvalue weighted by atomic mass is 16.5. The van der Waals surface area contributed by atoms with Crippen LogP contribution in [0.15, 0.2) is 12.7 Å². The molecule has 0 fully saturated rings. The summed E-state index contributed by atoms with van der Waals surface area (Å²) in [6.07, 6.45) is 1.60. The normalized spacial score (nSPS) is 10.2. The fraction of sp³-hybridized carbons (Fsp3) is 0.667. The number of carbonyl (C=O) groups is 2. The molecule has 0 atom stereocenters. The van der Waals surface area contributed by atoms with Crippen molar-refractivity contribution in [2.75, 3.05) is 33.4 Å². The van der Waals surface area contributed by atoms with Gasteiger partial charge in [0.15, 0.2) is 0 Å². The van der Waals surface area contributed by atoms with Gasteiger partial charge in [-0.05, 0) is 13.8 Å². The lowest BCUT2D eigenvalue weighted by Gasteiger charge is -2.31. The van der Waals surface area contributed by atoms with E-state index < -0.39 is 5.97 Å². The minimum atomic E-state index is -1.03. The minimum absolute atomic E-state index is 0.177. The average molecular weight is 258 g/mol. The van der Waals surface area contributed by atoms with Crippen LogP contribution in [-0.2, 0) is 9.53 Å². The summed E-state index contributed by atoms with van der Waals surface area (Å²) in [5.41, 5.74) is 0. The Morgan fingerprint density at radius 3 is 2.44 bits per heavy atom. The highest BCUT2D eigenvalue weighted by Crippen LogP contribution is 2.05. The molecule has 104 valence electrons. The molecule has 0 bridgehead atoms. The smallest absolute Gasteiger partial charge is 0.323 e. The number of hydrogen-bond acceptors (Lipinski definition) is 3. The van der Waals surface area contributed by atoms with Gasteiger partial charge in [-0.25, -0.2) is 4.79 Å². The van der Waals surface area contributed by atoms with Crippen LogP contribution in [0.5, 0.6) is 0 Å². The number of carboxylic acid groups (broad SMARTS) is 1. The third-order valence-electron chi connectivity index (χ3n) is 2.36. The number of carboxylic acids is 1. The zero-order valence-electron chi connectivity index (χ0n) is 11.3. The van der Waals surface area contributed by atoms with E-state index >= 15 is 0 Å². The zero-order chi connectivity index (χ0) is 14.1. The molecule has 0 aromatic heterocycles. The first kappa shape index (κ1) is 16.4. The summed E-state index contributed by atoms with van der Waals surface area (Å²) in [5.74, 6) is -1.03. The van der Waals surface area contributed by atoms with Crippen LogP contribution in [0.4, 0.5) is 4.79 Å². The molecule has 0 aliphatic rings. The molecule has 0 aromatic carbocycles. The highest BCUT2D eigenvalue weighted by Gasteiger charge is 2.24. The quantitative estimate of drug-likeness (QED) is 0.660. The molecule has 0 saturated carbocycles. The van der Waals surface area contributed by atoms with Crippen molar-refractivity contribution in [1.82, 2.24) is 9.80 Å². The van der Waals surface area contributed by atoms with Crippen LogP contribution in [0.1, 0.15) is 13.8 Å². The summed E-state index contributed by atoms with van der Waals surface area (Å²) < 4.78 is 4.93. The van der Waals surface area contributed by atoms with E-state index in [9.17, 15) is 9.59 Å². The zero-order valence-corrected chi connectivity index (χ0v) is 11.3. The van der Waals surface area contributed by atoms with E-state index in [-0.39, 0.29) is 18.6 Å². The van der Waals surface area contributed by atoms with Gasteiger partial charge < -0.3 is 19.6 Å². The number of nitrogens with zero attached hydrogens (tertiary/aromatic N) is 2. The maximum atomic E-state index is 12.2. The van der Waals surface area contributed by atoms with Crippen molar-refractivity contribution in [3.05, 3.63) is 12.7 Å². The van der Waals surface area contributed by atoms with Gasteiger partial charge in [0.1, 0.15) is 6.54 Å². The highest BCUT2D eigenvalue weighted by molar-refractivity contribution is 5.80. The molecule has 0 unspecified atom stereocenters. The van der Waals surface area contributed by atoms with E-state index in [1.165, 1.54) is 9.80 Å². The van der Waals surface area contributed by atoms with Gasteiger partial charge in [-0.2, -0.15) is 0 Å². The van der Waals surface area contributed by atoms with E-state index in [0.717, 1.165) is 0 Å². The molecular weight excluding hydrogens is 236 g/mol. The molecule has 6 heteroatoms. The number of ether oxygens (including phenoxy) is 1. The lowest BCUT2D eigenvalue weighted by Crippen LogP contribution is -2.49. The maximum Gasteiger partial charge on any atom is 0.323 e. The van der Waals surface area contributed by atoms with Crippen LogP contribution >= 0.6 is 0 Å². The molecule has 0 aliphatic carbocycles. The fourth-order valence-corrected chi connectivity index (χ4v) is 1.42. The first-order valence-corrected chi connectivity index (χ1v) is 5.81. The van der Waals surface area contributed by atoms with E-state index in [4.69, 9.17) is 9.84 Å². The summed E-state index contributed by atoms with van der Waals surface area (Å²) in [6.45, 7) is 8.01. The van der Waals surface area contributed by atoms with Crippen molar-refractivity contribution < 1.29 is 19.4 Å². The Hall–Kier alpha value is -1.56. The van der Waals surface area contributed by atoms with Crippen LogP contribution in [0.25, 0.3) is 0 Å². The SMILES string of the molecule is C=CCN(CCOC)C(=O)N(CC(=O)O)C(C)C. The number of carbonyl (C=O) groups excluding carboxylic acids is 1. The fourth-order valence-electron chi connectivity index (χ4n) is 1.42. The molecular formula is C12H22N2O4. The Bertz CT molecular complexity index is 292. The molecule has 1 N–H and O–H groups in total. The van der Waals surface area contributed by atoms with Gasteiger partial charge in [-0.3, -0.25) is 4.79 Å². The molecule has 0 spiro atoms. The van der Waals surface area contributed by atoms with Crippen molar-refractivity contribution in [2.45, 2.75) is 19.9 Å². The predicted molar refractivity (Wildman–Crippen MR) is 68.5 cm³/mol. The van der Waals surface area contributed by atoms with Crippen molar-refractivity contribution in [3.8, 4) is 0 Å². The summed E-state index contributed by atoms with van der Waals surface area (Å²) in [7, 11) is 1.55. The second-order valence-electron chi connectivity index (χ2n) is 4.13. The molecule has 0 rings (SSSR count). The molecule has 0 radical (unpaired) electrons. The summed E-state index contributed by atoms with van der Waals surface area (Å²) in [4.78, 5) is 25.8. The molecule has 0 heterocycles. The van der Waals surface area contributed by atoms with Gasteiger partial charge >= 0.3 is 12.0 Å². The van der Waals surface area contributed by atoms with E-state index in [1.54, 1.807) is 27.0 Å². The average Bonchev–Trinajstić information content (AvgIpc) is 2.30. The molecule has 0 aliphatic heterocycles. The molecule has 2 amide bonds. The first-order valence-electron chi connectivity index (χ1n) is 5.81. The van der Waals surface area contributed by atoms with E-state index in [2.05, 4.69) is 6.58 Å². The number of hydrogen-bond donors (Lipinski definition) is 1. The van der Waals surface area contributed by atoms with Crippen LogP contribution < -0.4 is 0 Å². The van der Waals surface area contributed by atoms with Gasteiger partial charge in [0.25, 0.3) is 0 Å². The van der Waals surface area contributed by atoms with Crippen LogP contribution in [0.3, 0.4) is 0 Å². The first-order chi connectivity index (χ1) is 8.43. The lowest BCUT2D eigenvalue weighted by atomic mass is 10.3. The van der Waals surface area contributed by atoms with Crippen LogP contribution in [0.2, 0.25) is 0 Å². The lowest BCUT2D eigenvalue weighted by molar-refractivity contribution is -0.138. The van der Waals surface area contributed by atoms with E-state index in [0.29, 0.717) is 19.7 Å². The third kappa shape index (κ3) is 5.67. The van der Waals surface area contributed by atoms with Gasteiger partial charge in [0.2, 0.25) is 0 Å². The van der Waals surface area contributed by atoms with Crippen molar-refractivity contribution in [2.24, 2.45) is 0 Å². The second-order valence-corrected chi connectivity index (χ2v) is 4.13. The molecule has 0 aromatic rings. The van der Waals surface area contributed by atoms with Crippen molar-refractivity contribution >= 4 is 12.0 Å².